The van der Waals surface area contributed by atoms with Crippen molar-refractivity contribution in [2.24, 2.45) is 0 Å². The first-order valence-electron chi connectivity index (χ1n) is 6.16. The maximum absolute atomic E-state index is 12.2. The quantitative estimate of drug-likeness (QED) is 0.860. The molecule has 0 spiro atoms. The molecule has 0 bridgehead atoms. The maximum Gasteiger partial charge on any atom is 0.331 e. The van der Waals surface area contributed by atoms with Crippen LogP contribution < -0.4 is 11.2 Å². The Bertz CT molecular complexity index is 688. The van der Waals surface area contributed by atoms with Gasteiger partial charge in [-0.25, -0.2) is 4.79 Å². The summed E-state index contributed by atoms with van der Waals surface area (Å²) in [4.78, 5) is 24.0. The van der Waals surface area contributed by atoms with Gasteiger partial charge < -0.3 is 4.57 Å². The predicted molar refractivity (Wildman–Crippen MR) is 75.8 cm³/mol. The number of aromatic nitrogens is 2. The Balaban J connectivity index is 2.42. The van der Waals surface area contributed by atoms with E-state index in [0.29, 0.717) is 11.6 Å². The Morgan fingerprint density at radius 2 is 2.00 bits per heavy atom. The lowest BCUT2D eigenvalue weighted by Crippen LogP contribution is -2.39. The van der Waals surface area contributed by atoms with Crippen LogP contribution in [0.2, 0.25) is 5.02 Å². The summed E-state index contributed by atoms with van der Waals surface area (Å²) in [6.45, 7) is 2.83. The molecule has 2 rings (SSSR count). The van der Waals surface area contributed by atoms with Crippen molar-refractivity contribution in [3.8, 4) is 0 Å². The van der Waals surface area contributed by atoms with Gasteiger partial charge in [0.25, 0.3) is 5.56 Å². The highest BCUT2D eigenvalue weighted by molar-refractivity contribution is 6.30. The van der Waals surface area contributed by atoms with Gasteiger partial charge in [-0.05, 0) is 24.1 Å². The number of benzene rings is 1. The summed E-state index contributed by atoms with van der Waals surface area (Å²) in [5.74, 6) is 0. The van der Waals surface area contributed by atoms with Crippen molar-refractivity contribution < 1.29 is 0 Å². The van der Waals surface area contributed by atoms with Crippen LogP contribution in [0.1, 0.15) is 18.9 Å². The molecule has 19 heavy (non-hydrogen) atoms. The van der Waals surface area contributed by atoms with Crippen LogP contribution in [0.4, 0.5) is 0 Å². The van der Waals surface area contributed by atoms with Gasteiger partial charge in [-0.15, -0.1) is 0 Å². The van der Waals surface area contributed by atoms with Gasteiger partial charge in [-0.1, -0.05) is 30.7 Å². The minimum Gasteiger partial charge on any atom is -0.300 e. The molecule has 0 aliphatic rings. The zero-order chi connectivity index (χ0) is 13.8. The van der Waals surface area contributed by atoms with Crippen LogP contribution in [0.5, 0.6) is 0 Å². The Kier molecular flexibility index (Phi) is 4.22. The van der Waals surface area contributed by atoms with Crippen LogP contribution in [0.25, 0.3) is 0 Å². The number of nitrogens with zero attached hydrogens (tertiary/aromatic N) is 2. The molecule has 0 aliphatic heterocycles. The summed E-state index contributed by atoms with van der Waals surface area (Å²) in [5.41, 5.74) is 0.257. The Labute approximate surface area is 115 Å². The topological polar surface area (TPSA) is 44.0 Å². The molecular weight excluding hydrogens is 264 g/mol. The number of hydrogen-bond acceptors (Lipinski definition) is 2. The molecule has 0 aliphatic carbocycles. The number of rotatable bonds is 4. The third kappa shape index (κ3) is 3.15. The first-order valence-corrected chi connectivity index (χ1v) is 6.54. The van der Waals surface area contributed by atoms with Gasteiger partial charge in [-0.2, -0.15) is 0 Å². The largest absolute Gasteiger partial charge is 0.331 e. The fourth-order valence-corrected chi connectivity index (χ4v) is 2.14. The molecule has 0 amide bonds. The van der Waals surface area contributed by atoms with Gasteiger partial charge in [0.1, 0.15) is 0 Å². The standard InChI is InChI=1S/C14H15ClN2O2/c1-2-7-16-8-6-13(18)17(14(16)19)10-11-4-3-5-12(15)9-11/h3-6,8-9H,2,7,10H2,1H3. The summed E-state index contributed by atoms with van der Waals surface area (Å²) in [6.07, 6.45) is 2.39. The van der Waals surface area contributed by atoms with Crippen molar-refractivity contribution in [3.63, 3.8) is 0 Å². The van der Waals surface area contributed by atoms with Crippen LogP contribution in [-0.4, -0.2) is 9.13 Å². The summed E-state index contributed by atoms with van der Waals surface area (Å²) in [5, 5.41) is 0.593. The molecular formula is C14H15ClN2O2. The van der Waals surface area contributed by atoms with E-state index in [-0.39, 0.29) is 17.8 Å². The second-order valence-electron chi connectivity index (χ2n) is 4.35. The van der Waals surface area contributed by atoms with Crippen molar-refractivity contribution in [3.05, 3.63) is 68.0 Å². The minimum absolute atomic E-state index is 0.239. The molecule has 1 aromatic carbocycles. The fourth-order valence-electron chi connectivity index (χ4n) is 1.93. The molecule has 0 saturated carbocycles. The van der Waals surface area contributed by atoms with Crippen LogP contribution >= 0.6 is 11.6 Å². The fraction of sp³-hybridized carbons (Fsp3) is 0.286. The molecule has 2 aromatic rings. The van der Waals surface area contributed by atoms with Crippen LogP contribution in [0, 0.1) is 0 Å². The SMILES string of the molecule is CCCn1ccc(=O)n(Cc2cccc(Cl)c2)c1=O. The van der Waals surface area contributed by atoms with E-state index in [1.807, 2.05) is 13.0 Å². The molecule has 1 heterocycles. The van der Waals surface area contributed by atoms with Gasteiger partial charge in [0.2, 0.25) is 0 Å². The van der Waals surface area contributed by atoms with Crippen LogP contribution in [-0.2, 0) is 13.1 Å². The monoisotopic (exact) mass is 278 g/mol. The first kappa shape index (κ1) is 13.6. The molecule has 100 valence electrons. The van der Waals surface area contributed by atoms with E-state index < -0.39 is 0 Å². The van der Waals surface area contributed by atoms with Crippen molar-refractivity contribution in [1.82, 2.24) is 9.13 Å². The number of hydrogen-bond donors (Lipinski definition) is 0. The zero-order valence-corrected chi connectivity index (χ0v) is 11.4. The summed E-state index contributed by atoms with van der Waals surface area (Å²) < 4.78 is 2.77. The molecule has 1 aromatic heterocycles. The van der Waals surface area contributed by atoms with Crippen LogP contribution in [0.3, 0.4) is 0 Å². The van der Waals surface area contributed by atoms with Gasteiger partial charge >= 0.3 is 5.69 Å². The van der Waals surface area contributed by atoms with Crippen molar-refractivity contribution in [2.45, 2.75) is 26.4 Å². The van der Waals surface area contributed by atoms with E-state index in [1.54, 1.807) is 29.0 Å². The van der Waals surface area contributed by atoms with Crippen LogP contribution in [0.15, 0.2) is 46.1 Å². The predicted octanol–water partition coefficient (Wildman–Crippen LogP) is 2.12. The lowest BCUT2D eigenvalue weighted by molar-refractivity contribution is 0.571. The Morgan fingerprint density at radius 3 is 2.68 bits per heavy atom. The zero-order valence-electron chi connectivity index (χ0n) is 10.7. The smallest absolute Gasteiger partial charge is 0.300 e. The van der Waals surface area contributed by atoms with E-state index in [1.165, 1.54) is 10.6 Å². The third-order valence-corrected chi connectivity index (χ3v) is 3.07. The van der Waals surface area contributed by atoms with E-state index >= 15 is 0 Å². The number of aryl methyl sites for hydroxylation is 1. The summed E-state index contributed by atoms with van der Waals surface area (Å²) >= 11 is 5.90. The molecule has 0 saturated heterocycles. The summed E-state index contributed by atoms with van der Waals surface area (Å²) in [7, 11) is 0. The van der Waals surface area contributed by atoms with Gasteiger partial charge in [0.05, 0.1) is 6.54 Å². The normalized spacial score (nSPS) is 10.6. The average Bonchev–Trinajstić information content (AvgIpc) is 2.38. The maximum atomic E-state index is 12.2. The highest BCUT2D eigenvalue weighted by Crippen LogP contribution is 2.10. The number of halogens is 1. The lowest BCUT2D eigenvalue weighted by atomic mass is 10.2. The summed E-state index contributed by atoms with van der Waals surface area (Å²) in [6, 6.07) is 8.57. The van der Waals surface area contributed by atoms with E-state index in [0.717, 1.165) is 12.0 Å². The first-order chi connectivity index (χ1) is 9.11. The van der Waals surface area contributed by atoms with E-state index in [9.17, 15) is 9.59 Å². The minimum atomic E-state index is -0.294. The third-order valence-electron chi connectivity index (χ3n) is 2.83. The van der Waals surface area contributed by atoms with Gasteiger partial charge in [0.15, 0.2) is 0 Å². The van der Waals surface area contributed by atoms with Gasteiger partial charge in [0, 0.05) is 23.8 Å². The highest BCUT2D eigenvalue weighted by atomic mass is 35.5. The van der Waals surface area contributed by atoms with Crippen molar-refractivity contribution in [2.75, 3.05) is 0 Å². The Morgan fingerprint density at radius 1 is 1.21 bits per heavy atom. The Hall–Kier alpha value is -1.81. The lowest BCUT2D eigenvalue weighted by Gasteiger charge is -2.09. The van der Waals surface area contributed by atoms with Crippen molar-refractivity contribution >= 4 is 11.6 Å². The molecule has 0 fully saturated rings. The second kappa shape index (κ2) is 5.89. The molecule has 0 atom stereocenters. The molecule has 5 heteroatoms. The van der Waals surface area contributed by atoms with Crippen molar-refractivity contribution in [1.29, 1.82) is 0 Å². The highest BCUT2D eigenvalue weighted by Gasteiger charge is 2.05. The van der Waals surface area contributed by atoms with E-state index in [2.05, 4.69) is 0 Å². The molecule has 0 radical (unpaired) electrons. The van der Waals surface area contributed by atoms with Gasteiger partial charge in [-0.3, -0.25) is 9.36 Å². The molecule has 4 nitrogen and oxygen atoms in total. The average molecular weight is 279 g/mol. The second-order valence-corrected chi connectivity index (χ2v) is 4.78. The molecule has 0 unspecified atom stereocenters. The van der Waals surface area contributed by atoms with E-state index in [4.69, 9.17) is 11.6 Å². The molecule has 0 N–H and O–H groups in total.